The van der Waals surface area contributed by atoms with Gasteiger partial charge < -0.3 is 15.1 Å². The van der Waals surface area contributed by atoms with Gasteiger partial charge in [-0.05, 0) is 43.7 Å². The Bertz CT molecular complexity index is 682. The van der Waals surface area contributed by atoms with E-state index in [1.54, 1.807) is 6.20 Å². The van der Waals surface area contributed by atoms with Crippen LogP contribution in [0.2, 0.25) is 0 Å². The molecule has 5 heteroatoms. The number of rotatable bonds is 8. The molecule has 1 aromatic heterocycles. The van der Waals surface area contributed by atoms with Gasteiger partial charge in [-0.3, -0.25) is 4.79 Å². The Morgan fingerprint density at radius 3 is 2.44 bits per heavy atom. The first-order chi connectivity index (χ1) is 12.1. The smallest absolute Gasteiger partial charge is 0.251 e. The molecule has 5 nitrogen and oxygen atoms in total. The molecule has 2 rings (SSSR count). The number of nitrogens with one attached hydrogen (secondary N) is 1. The first-order valence-electron chi connectivity index (χ1n) is 8.81. The maximum absolute atomic E-state index is 12.4. The fourth-order valence-electron chi connectivity index (χ4n) is 2.81. The van der Waals surface area contributed by atoms with Crippen LogP contribution in [0.3, 0.4) is 0 Å². The number of pyridine rings is 1. The van der Waals surface area contributed by atoms with Crippen molar-refractivity contribution in [1.29, 1.82) is 0 Å². The molecular weight excluding hydrogens is 312 g/mol. The van der Waals surface area contributed by atoms with E-state index in [4.69, 9.17) is 0 Å². The minimum Gasteiger partial charge on any atom is -0.372 e. The molecule has 1 amide bonds. The van der Waals surface area contributed by atoms with Gasteiger partial charge >= 0.3 is 0 Å². The molecule has 0 aliphatic heterocycles. The second kappa shape index (κ2) is 9.06. The summed E-state index contributed by atoms with van der Waals surface area (Å²) in [5, 5.41) is 2.98. The van der Waals surface area contributed by atoms with Crippen molar-refractivity contribution in [1.82, 2.24) is 10.3 Å². The molecule has 1 N–H and O–H groups in total. The molecule has 0 aliphatic rings. The van der Waals surface area contributed by atoms with Crippen molar-refractivity contribution < 1.29 is 4.79 Å². The third kappa shape index (κ3) is 4.95. The molecule has 0 saturated heterocycles. The van der Waals surface area contributed by atoms with E-state index in [0.717, 1.165) is 36.6 Å². The quantitative estimate of drug-likeness (QED) is 0.801. The Kier molecular flexibility index (Phi) is 6.81. The van der Waals surface area contributed by atoms with Gasteiger partial charge in [0.1, 0.15) is 5.82 Å². The summed E-state index contributed by atoms with van der Waals surface area (Å²) in [5.74, 6) is 0.801. The van der Waals surface area contributed by atoms with Crippen molar-refractivity contribution in [3.8, 4) is 0 Å². The number of benzene rings is 1. The number of hydrogen-bond acceptors (Lipinski definition) is 4. The normalized spacial score (nSPS) is 10.4. The molecule has 0 saturated carbocycles. The first kappa shape index (κ1) is 18.8. The number of carbonyl (C=O) groups is 1. The average Bonchev–Trinajstić information content (AvgIpc) is 2.64. The van der Waals surface area contributed by atoms with Crippen molar-refractivity contribution >= 4 is 17.4 Å². The van der Waals surface area contributed by atoms with Crippen LogP contribution >= 0.6 is 0 Å². The van der Waals surface area contributed by atoms with E-state index in [9.17, 15) is 4.79 Å². The molecule has 2 aromatic rings. The van der Waals surface area contributed by atoms with Gasteiger partial charge in [0.25, 0.3) is 5.91 Å². The van der Waals surface area contributed by atoms with E-state index in [-0.39, 0.29) is 5.91 Å². The highest BCUT2D eigenvalue weighted by Crippen LogP contribution is 2.17. The van der Waals surface area contributed by atoms with Crippen LogP contribution in [0.15, 0.2) is 42.6 Å². The maximum Gasteiger partial charge on any atom is 0.251 e. The molecule has 0 radical (unpaired) electrons. The van der Waals surface area contributed by atoms with Crippen molar-refractivity contribution in [2.45, 2.75) is 26.8 Å². The lowest BCUT2D eigenvalue weighted by atomic mass is 10.1. The largest absolute Gasteiger partial charge is 0.372 e. The Labute approximate surface area is 150 Å². The molecule has 134 valence electrons. The number of hydrogen-bond donors (Lipinski definition) is 1. The molecule has 0 unspecified atom stereocenters. The van der Waals surface area contributed by atoms with Crippen LogP contribution in [0, 0.1) is 0 Å². The predicted molar refractivity (Wildman–Crippen MR) is 104 cm³/mol. The van der Waals surface area contributed by atoms with E-state index >= 15 is 0 Å². The van der Waals surface area contributed by atoms with Gasteiger partial charge in [-0.15, -0.1) is 0 Å². The molecule has 0 aliphatic carbocycles. The van der Waals surface area contributed by atoms with Crippen molar-refractivity contribution in [2.75, 3.05) is 37.0 Å². The van der Waals surface area contributed by atoms with Crippen LogP contribution in [0.1, 0.15) is 36.2 Å². The van der Waals surface area contributed by atoms with Gasteiger partial charge in [0.15, 0.2) is 0 Å². The van der Waals surface area contributed by atoms with Gasteiger partial charge in [0.2, 0.25) is 0 Å². The van der Waals surface area contributed by atoms with Gasteiger partial charge in [0, 0.05) is 56.7 Å². The highest BCUT2D eigenvalue weighted by Gasteiger charge is 2.10. The molecule has 1 aromatic carbocycles. The first-order valence-corrected chi connectivity index (χ1v) is 8.81. The lowest BCUT2D eigenvalue weighted by Gasteiger charge is -2.22. The van der Waals surface area contributed by atoms with Gasteiger partial charge in [-0.1, -0.05) is 13.0 Å². The monoisotopic (exact) mass is 340 g/mol. The Morgan fingerprint density at radius 1 is 1.12 bits per heavy atom. The van der Waals surface area contributed by atoms with Crippen molar-refractivity contribution in [2.24, 2.45) is 0 Å². The highest BCUT2D eigenvalue weighted by atomic mass is 16.1. The minimum atomic E-state index is -0.0707. The standard InChI is InChI=1S/C20H28N4O/c1-5-14-24(6-2)18-11-9-16(10-12-18)20(25)22-15-17-8-7-13-21-19(17)23(3)4/h7-13H,5-6,14-15H2,1-4H3,(H,22,25). The molecule has 0 bridgehead atoms. The Hall–Kier alpha value is -2.56. The Balaban J connectivity index is 2.02. The summed E-state index contributed by atoms with van der Waals surface area (Å²) in [7, 11) is 3.89. The Morgan fingerprint density at radius 2 is 1.84 bits per heavy atom. The summed E-state index contributed by atoms with van der Waals surface area (Å²) in [6.07, 6.45) is 2.87. The third-order valence-electron chi connectivity index (χ3n) is 4.10. The highest BCUT2D eigenvalue weighted by molar-refractivity contribution is 5.94. The van der Waals surface area contributed by atoms with Gasteiger partial charge in [-0.25, -0.2) is 4.98 Å². The summed E-state index contributed by atoms with van der Waals surface area (Å²) in [4.78, 5) is 21.0. The zero-order valence-corrected chi connectivity index (χ0v) is 15.6. The lowest BCUT2D eigenvalue weighted by Crippen LogP contribution is -2.25. The summed E-state index contributed by atoms with van der Waals surface area (Å²) < 4.78 is 0. The van der Waals surface area contributed by atoms with Gasteiger partial charge in [0.05, 0.1) is 0 Å². The van der Waals surface area contributed by atoms with Crippen LogP contribution in [0.25, 0.3) is 0 Å². The fraction of sp³-hybridized carbons (Fsp3) is 0.400. The lowest BCUT2D eigenvalue weighted by molar-refractivity contribution is 0.0951. The molecule has 0 atom stereocenters. The number of aromatic nitrogens is 1. The van der Waals surface area contributed by atoms with E-state index in [2.05, 4.69) is 29.0 Å². The van der Waals surface area contributed by atoms with Crippen molar-refractivity contribution in [3.63, 3.8) is 0 Å². The van der Waals surface area contributed by atoms with E-state index in [0.29, 0.717) is 12.1 Å². The SMILES string of the molecule is CCCN(CC)c1ccc(C(=O)NCc2cccnc2N(C)C)cc1. The number of amides is 1. The van der Waals surface area contributed by atoms with Crippen LogP contribution in [0.4, 0.5) is 11.5 Å². The maximum atomic E-state index is 12.4. The molecular formula is C20H28N4O. The van der Waals surface area contributed by atoms with Gasteiger partial charge in [-0.2, -0.15) is 0 Å². The second-order valence-corrected chi connectivity index (χ2v) is 6.19. The van der Waals surface area contributed by atoms with E-state index in [1.165, 1.54) is 0 Å². The fourth-order valence-corrected chi connectivity index (χ4v) is 2.81. The third-order valence-corrected chi connectivity index (χ3v) is 4.10. The van der Waals surface area contributed by atoms with Crippen molar-refractivity contribution in [3.05, 3.63) is 53.7 Å². The van der Waals surface area contributed by atoms with E-state index < -0.39 is 0 Å². The zero-order valence-electron chi connectivity index (χ0n) is 15.6. The number of anilines is 2. The minimum absolute atomic E-state index is 0.0707. The molecule has 0 spiro atoms. The molecule has 0 fully saturated rings. The summed E-state index contributed by atoms with van der Waals surface area (Å²) in [6.45, 7) is 6.76. The van der Waals surface area contributed by atoms with Crippen LogP contribution in [0.5, 0.6) is 0 Å². The predicted octanol–water partition coefficient (Wildman–Crippen LogP) is 3.31. The number of carbonyl (C=O) groups excluding carboxylic acids is 1. The number of nitrogens with zero attached hydrogens (tertiary/aromatic N) is 3. The second-order valence-electron chi connectivity index (χ2n) is 6.19. The molecule has 1 heterocycles. The van der Waals surface area contributed by atoms with Crippen LogP contribution < -0.4 is 15.1 Å². The summed E-state index contributed by atoms with van der Waals surface area (Å²) in [6, 6.07) is 11.7. The molecule has 25 heavy (non-hydrogen) atoms. The van der Waals surface area contributed by atoms with E-state index in [1.807, 2.05) is 55.4 Å². The summed E-state index contributed by atoms with van der Waals surface area (Å²) >= 11 is 0. The zero-order chi connectivity index (χ0) is 18.2. The average molecular weight is 340 g/mol. The van der Waals surface area contributed by atoms with Crippen LogP contribution in [-0.4, -0.2) is 38.1 Å². The van der Waals surface area contributed by atoms with Crippen LogP contribution in [-0.2, 0) is 6.54 Å². The summed E-state index contributed by atoms with van der Waals surface area (Å²) in [5.41, 5.74) is 2.83. The topological polar surface area (TPSA) is 48.5 Å².